The van der Waals surface area contributed by atoms with E-state index in [1.54, 1.807) is 18.7 Å². The topological polar surface area (TPSA) is 66.8 Å². The Balaban J connectivity index is 2.78. The molecule has 0 aliphatic carbocycles. The van der Waals surface area contributed by atoms with Crippen LogP contribution in [0.15, 0.2) is 0 Å². The Kier molecular flexibility index (Phi) is 4.14. The first-order valence-electron chi connectivity index (χ1n) is 5.89. The third-order valence-electron chi connectivity index (χ3n) is 3.44. The molecule has 5 heteroatoms. The molecule has 0 aromatic heterocycles. The highest BCUT2D eigenvalue weighted by molar-refractivity contribution is 5.84. The van der Waals surface area contributed by atoms with Gasteiger partial charge in [0.1, 0.15) is 0 Å². The van der Waals surface area contributed by atoms with Crippen LogP contribution in [0.1, 0.15) is 27.7 Å². The van der Waals surface area contributed by atoms with Crippen molar-refractivity contribution < 1.29 is 19.4 Å². The van der Waals surface area contributed by atoms with Crippen LogP contribution >= 0.6 is 0 Å². The first-order valence-corrected chi connectivity index (χ1v) is 5.89. The summed E-state index contributed by atoms with van der Waals surface area (Å²) in [6.07, 6.45) is 0. The van der Waals surface area contributed by atoms with Crippen LogP contribution in [0, 0.1) is 11.8 Å². The quantitative estimate of drug-likeness (QED) is 0.802. The summed E-state index contributed by atoms with van der Waals surface area (Å²) in [5.74, 6) is -2.21. The van der Waals surface area contributed by atoms with Gasteiger partial charge in [-0.05, 0) is 13.8 Å². The third kappa shape index (κ3) is 2.97. The van der Waals surface area contributed by atoms with Gasteiger partial charge in [0.05, 0.1) is 24.7 Å². The van der Waals surface area contributed by atoms with Gasteiger partial charge in [-0.2, -0.15) is 0 Å². The molecule has 0 saturated carbocycles. The summed E-state index contributed by atoms with van der Waals surface area (Å²) in [6.45, 7) is 8.65. The zero-order chi connectivity index (χ0) is 13.2. The Hall–Kier alpha value is -1.10. The van der Waals surface area contributed by atoms with Crippen molar-refractivity contribution in [2.45, 2.75) is 33.2 Å². The Morgan fingerprint density at radius 2 is 1.88 bits per heavy atom. The zero-order valence-electron chi connectivity index (χ0n) is 10.9. The van der Waals surface area contributed by atoms with Gasteiger partial charge in [-0.15, -0.1) is 0 Å². The molecule has 1 aliphatic heterocycles. The van der Waals surface area contributed by atoms with Gasteiger partial charge in [0, 0.05) is 12.5 Å². The maximum Gasteiger partial charge on any atom is 0.307 e. The highest BCUT2D eigenvalue weighted by Crippen LogP contribution is 2.24. The summed E-state index contributed by atoms with van der Waals surface area (Å²) in [7, 11) is 0. The predicted molar refractivity (Wildman–Crippen MR) is 62.6 cm³/mol. The summed E-state index contributed by atoms with van der Waals surface area (Å²) < 4.78 is 5.34. The lowest BCUT2D eigenvalue weighted by Crippen LogP contribution is -2.57. The van der Waals surface area contributed by atoms with E-state index in [9.17, 15) is 9.59 Å². The van der Waals surface area contributed by atoms with Crippen molar-refractivity contribution in [3.8, 4) is 0 Å². The van der Waals surface area contributed by atoms with E-state index in [4.69, 9.17) is 9.84 Å². The molecular weight excluding hydrogens is 222 g/mol. The number of amides is 1. The minimum atomic E-state index is -0.933. The number of carbonyl (C=O) groups excluding carboxylic acids is 1. The highest BCUT2D eigenvalue weighted by Gasteiger charge is 2.38. The molecule has 1 rings (SSSR count). The molecular formula is C12H21NO4. The van der Waals surface area contributed by atoms with E-state index >= 15 is 0 Å². The number of hydrogen-bond donors (Lipinski definition) is 1. The van der Waals surface area contributed by atoms with Crippen LogP contribution in [0.3, 0.4) is 0 Å². The van der Waals surface area contributed by atoms with E-state index < -0.39 is 17.8 Å². The molecule has 1 fully saturated rings. The van der Waals surface area contributed by atoms with Crippen LogP contribution < -0.4 is 0 Å². The standard InChI is InChI=1S/C12H21NO4/c1-8(9(2)11(15)16)10(14)13-5-6-17-7-12(13,3)4/h8-9H,5-7H2,1-4H3,(H,15,16). The third-order valence-corrected chi connectivity index (χ3v) is 3.44. The largest absolute Gasteiger partial charge is 0.481 e. The van der Waals surface area contributed by atoms with Crippen LogP contribution in [0.5, 0.6) is 0 Å². The monoisotopic (exact) mass is 243 g/mol. The number of carboxylic acid groups (broad SMARTS) is 1. The van der Waals surface area contributed by atoms with Crippen molar-refractivity contribution in [2.75, 3.05) is 19.8 Å². The van der Waals surface area contributed by atoms with E-state index in [0.29, 0.717) is 19.8 Å². The Bertz CT molecular complexity index is 314. The Morgan fingerprint density at radius 1 is 1.29 bits per heavy atom. The lowest BCUT2D eigenvalue weighted by molar-refractivity contribution is -0.157. The van der Waals surface area contributed by atoms with E-state index in [1.807, 2.05) is 13.8 Å². The summed E-state index contributed by atoms with van der Waals surface area (Å²) >= 11 is 0. The van der Waals surface area contributed by atoms with Gasteiger partial charge >= 0.3 is 5.97 Å². The molecule has 1 amide bonds. The molecule has 17 heavy (non-hydrogen) atoms. The average Bonchev–Trinajstić information content (AvgIpc) is 2.25. The smallest absolute Gasteiger partial charge is 0.307 e. The van der Waals surface area contributed by atoms with Crippen LogP contribution in [0.25, 0.3) is 0 Å². The lowest BCUT2D eigenvalue weighted by atomic mass is 9.92. The molecule has 1 N–H and O–H groups in total. The molecule has 0 radical (unpaired) electrons. The number of rotatable bonds is 3. The summed E-state index contributed by atoms with van der Waals surface area (Å²) in [4.78, 5) is 24.9. The number of hydrogen-bond acceptors (Lipinski definition) is 3. The van der Waals surface area contributed by atoms with Gasteiger partial charge < -0.3 is 14.7 Å². The van der Waals surface area contributed by atoms with Crippen LogP contribution in [-0.2, 0) is 14.3 Å². The molecule has 5 nitrogen and oxygen atoms in total. The van der Waals surface area contributed by atoms with Gasteiger partial charge in [-0.1, -0.05) is 13.8 Å². The normalized spacial score (nSPS) is 22.9. The number of carbonyl (C=O) groups is 2. The second-order valence-electron chi connectivity index (χ2n) is 5.27. The molecule has 98 valence electrons. The Morgan fingerprint density at radius 3 is 2.35 bits per heavy atom. The first kappa shape index (κ1) is 14.0. The molecule has 1 heterocycles. The molecule has 1 aliphatic rings. The number of aliphatic carboxylic acids is 1. The highest BCUT2D eigenvalue weighted by atomic mass is 16.5. The van der Waals surface area contributed by atoms with E-state index in [2.05, 4.69) is 0 Å². The maximum atomic E-state index is 12.3. The molecule has 2 unspecified atom stereocenters. The number of morpholine rings is 1. The molecule has 0 spiro atoms. The molecule has 0 aromatic carbocycles. The second kappa shape index (κ2) is 5.04. The summed E-state index contributed by atoms with van der Waals surface area (Å²) in [6, 6.07) is 0. The lowest BCUT2D eigenvalue weighted by Gasteiger charge is -2.43. The summed E-state index contributed by atoms with van der Waals surface area (Å²) in [5.41, 5.74) is -0.359. The SMILES string of the molecule is CC(C(=O)O)C(C)C(=O)N1CCOCC1(C)C. The van der Waals surface area contributed by atoms with Gasteiger partial charge in [-0.3, -0.25) is 9.59 Å². The van der Waals surface area contributed by atoms with E-state index in [-0.39, 0.29) is 11.4 Å². The molecule has 1 saturated heterocycles. The minimum absolute atomic E-state index is 0.104. The second-order valence-corrected chi connectivity index (χ2v) is 5.27. The van der Waals surface area contributed by atoms with Crippen molar-refractivity contribution in [3.05, 3.63) is 0 Å². The Labute approximate surface area is 102 Å². The van der Waals surface area contributed by atoms with Crippen molar-refractivity contribution in [3.63, 3.8) is 0 Å². The van der Waals surface area contributed by atoms with Gasteiger partial charge in [0.2, 0.25) is 5.91 Å². The van der Waals surface area contributed by atoms with Gasteiger partial charge in [-0.25, -0.2) is 0 Å². The molecule has 0 aromatic rings. The number of nitrogens with zero attached hydrogens (tertiary/aromatic N) is 1. The first-order chi connectivity index (χ1) is 7.77. The number of carboxylic acids is 1. The van der Waals surface area contributed by atoms with E-state index in [1.165, 1.54) is 0 Å². The van der Waals surface area contributed by atoms with Gasteiger partial charge in [0.15, 0.2) is 0 Å². The molecule has 0 bridgehead atoms. The predicted octanol–water partition coefficient (Wildman–Crippen LogP) is 0.981. The number of ether oxygens (including phenoxy) is 1. The van der Waals surface area contributed by atoms with Crippen LogP contribution in [0.4, 0.5) is 0 Å². The zero-order valence-corrected chi connectivity index (χ0v) is 10.9. The fourth-order valence-corrected chi connectivity index (χ4v) is 1.94. The van der Waals surface area contributed by atoms with Crippen LogP contribution in [0.2, 0.25) is 0 Å². The average molecular weight is 243 g/mol. The van der Waals surface area contributed by atoms with Crippen molar-refractivity contribution in [1.29, 1.82) is 0 Å². The molecule has 2 atom stereocenters. The van der Waals surface area contributed by atoms with Crippen molar-refractivity contribution in [1.82, 2.24) is 4.90 Å². The van der Waals surface area contributed by atoms with E-state index in [0.717, 1.165) is 0 Å². The van der Waals surface area contributed by atoms with Crippen LogP contribution in [-0.4, -0.2) is 47.2 Å². The maximum absolute atomic E-state index is 12.3. The van der Waals surface area contributed by atoms with Crippen molar-refractivity contribution in [2.24, 2.45) is 11.8 Å². The van der Waals surface area contributed by atoms with Crippen molar-refractivity contribution >= 4 is 11.9 Å². The summed E-state index contributed by atoms with van der Waals surface area (Å²) in [5, 5.41) is 8.93. The minimum Gasteiger partial charge on any atom is -0.481 e. The fraction of sp³-hybridized carbons (Fsp3) is 0.833. The van der Waals surface area contributed by atoms with Gasteiger partial charge in [0.25, 0.3) is 0 Å². The fourth-order valence-electron chi connectivity index (χ4n) is 1.94.